The second-order valence-corrected chi connectivity index (χ2v) is 11.7. The molecular formula is C31H37FN6O7. The summed E-state index contributed by atoms with van der Waals surface area (Å²) in [6.07, 6.45) is 1.35. The maximum atomic E-state index is 13.7. The van der Waals surface area contributed by atoms with Crippen molar-refractivity contribution in [1.82, 2.24) is 26.0 Å². The van der Waals surface area contributed by atoms with Crippen molar-refractivity contribution >= 4 is 29.7 Å². The van der Waals surface area contributed by atoms with Crippen LogP contribution in [0.25, 0.3) is 0 Å². The number of aryl methyl sites for hydroxylation is 1. The Kier molecular flexibility index (Phi) is 11.5. The van der Waals surface area contributed by atoms with Crippen molar-refractivity contribution in [2.75, 3.05) is 13.6 Å². The molecule has 3 rings (SSSR count). The molecule has 1 aliphatic rings. The van der Waals surface area contributed by atoms with Crippen LogP contribution in [-0.4, -0.2) is 71.1 Å². The molecule has 0 radical (unpaired) electrons. The lowest BCUT2D eigenvalue weighted by Gasteiger charge is -2.27. The van der Waals surface area contributed by atoms with E-state index in [4.69, 9.17) is 9.26 Å². The van der Waals surface area contributed by atoms with Gasteiger partial charge in [-0.3, -0.25) is 19.2 Å². The van der Waals surface area contributed by atoms with Crippen LogP contribution < -0.4 is 16.0 Å². The topological polar surface area (TPSA) is 184 Å². The van der Waals surface area contributed by atoms with Crippen LogP contribution in [-0.2, 0) is 25.5 Å². The quantitative estimate of drug-likeness (QED) is 0.264. The zero-order valence-electron chi connectivity index (χ0n) is 25.8. The SMILES string of the molecule is Cc1cc(C(=O)N[C@@H](Cc2ccc(F)cc2)C(=O)N[C@H](/C=C(\C#N)C(=O)N(C)C(=O)OC(C)(C)C)C[C@@H]2CCCNC2=O)no1. The van der Waals surface area contributed by atoms with E-state index in [9.17, 15) is 33.6 Å². The first-order chi connectivity index (χ1) is 21.2. The highest BCUT2D eigenvalue weighted by atomic mass is 19.1. The van der Waals surface area contributed by atoms with E-state index in [-0.39, 0.29) is 24.4 Å². The summed E-state index contributed by atoms with van der Waals surface area (Å²) in [4.78, 5) is 65.5. The molecule has 2 heterocycles. The van der Waals surface area contributed by atoms with Gasteiger partial charge in [0.15, 0.2) is 5.69 Å². The third-order valence-corrected chi connectivity index (χ3v) is 6.79. The Labute approximate surface area is 260 Å². The summed E-state index contributed by atoms with van der Waals surface area (Å²) >= 11 is 0. The minimum absolute atomic E-state index is 0.0197. The van der Waals surface area contributed by atoms with E-state index in [2.05, 4.69) is 21.1 Å². The van der Waals surface area contributed by atoms with Gasteiger partial charge in [-0.25, -0.2) is 14.1 Å². The number of aromatic nitrogens is 1. The van der Waals surface area contributed by atoms with Crippen molar-refractivity contribution in [3.05, 3.63) is 64.8 Å². The summed E-state index contributed by atoms with van der Waals surface area (Å²) in [5.74, 6) is -3.31. The summed E-state index contributed by atoms with van der Waals surface area (Å²) in [5, 5.41) is 21.6. The highest BCUT2D eigenvalue weighted by molar-refractivity contribution is 6.05. The molecule has 3 atom stereocenters. The van der Waals surface area contributed by atoms with Gasteiger partial charge in [0.05, 0.1) is 0 Å². The van der Waals surface area contributed by atoms with E-state index in [1.54, 1.807) is 33.8 Å². The Morgan fingerprint density at radius 1 is 1.24 bits per heavy atom. The summed E-state index contributed by atoms with van der Waals surface area (Å²) < 4.78 is 23.7. The third kappa shape index (κ3) is 10.3. The molecule has 0 bridgehead atoms. The van der Waals surface area contributed by atoms with Gasteiger partial charge < -0.3 is 25.2 Å². The maximum absolute atomic E-state index is 13.7. The van der Waals surface area contributed by atoms with Gasteiger partial charge in [-0.05, 0) is 70.7 Å². The monoisotopic (exact) mass is 624 g/mol. The minimum atomic E-state index is -1.22. The standard InChI is InChI=1S/C31H37FN6O7/c1-18-13-25(37-45-18)28(41)36-24(14-19-8-10-22(32)11-9-19)27(40)35-23(15-20-7-6-12-34-26(20)39)16-21(17-33)29(42)38(5)30(43)44-31(2,3)4/h8-11,13,16,20,23-24H,6-7,12,14-15H2,1-5H3,(H,34,39)(H,35,40)(H,36,41)/b21-16+/t20-,23-,24-/m0/s1. The summed E-state index contributed by atoms with van der Waals surface area (Å²) in [5.41, 5.74) is -0.912. The van der Waals surface area contributed by atoms with Crippen LogP contribution in [0.2, 0.25) is 0 Å². The number of ether oxygens (including phenoxy) is 1. The van der Waals surface area contributed by atoms with Gasteiger partial charge in [0.1, 0.15) is 34.9 Å². The fourth-order valence-electron chi connectivity index (χ4n) is 4.54. The average molecular weight is 625 g/mol. The number of nitrogens with zero attached hydrogens (tertiary/aromatic N) is 3. The van der Waals surface area contributed by atoms with Crippen molar-refractivity contribution in [3.8, 4) is 6.07 Å². The van der Waals surface area contributed by atoms with E-state index in [0.29, 0.717) is 35.6 Å². The van der Waals surface area contributed by atoms with E-state index < -0.39 is 58.8 Å². The molecule has 1 aromatic heterocycles. The molecule has 5 amide bonds. The Hall–Kier alpha value is -5.06. The number of imide groups is 1. The van der Waals surface area contributed by atoms with Gasteiger partial charge in [0.25, 0.3) is 11.8 Å². The number of piperidine rings is 1. The largest absolute Gasteiger partial charge is 0.443 e. The van der Waals surface area contributed by atoms with Gasteiger partial charge in [-0.15, -0.1) is 0 Å². The molecule has 1 aromatic carbocycles. The first kappa shape index (κ1) is 34.4. The van der Waals surface area contributed by atoms with Crippen molar-refractivity contribution in [2.24, 2.45) is 5.92 Å². The van der Waals surface area contributed by atoms with Crippen LogP contribution in [0.3, 0.4) is 0 Å². The molecule has 3 N–H and O–H groups in total. The molecule has 0 unspecified atom stereocenters. The van der Waals surface area contributed by atoms with Crippen LogP contribution in [0.5, 0.6) is 0 Å². The number of amides is 5. The second-order valence-electron chi connectivity index (χ2n) is 11.7. The minimum Gasteiger partial charge on any atom is -0.443 e. The lowest BCUT2D eigenvalue weighted by atomic mass is 9.90. The molecule has 0 spiro atoms. The molecule has 0 saturated carbocycles. The lowest BCUT2D eigenvalue weighted by molar-refractivity contribution is -0.128. The highest BCUT2D eigenvalue weighted by Crippen LogP contribution is 2.20. The molecular weight excluding hydrogens is 587 g/mol. The number of carbonyl (C=O) groups excluding carboxylic acids is 5. The lowest BCUT2D eigenvalue weighted by Crippen LogP contribution is -2.51. The molecule has 13 nitrogen and oxygen atoms in total. The van der Waals surface area contributed by atoms with Crippen LogP contribution in [0, 0.1) is 30.0 Å². The van der Waals surface area contributed by atoms with Crippen molar-refractivity contribution in [3.63, 3.8) is 0 Å². The van der Waals surface area contributed by atoms with Crippen LogP contribution in [0.4, 0.5) is 9.18 Å². The third-order valence-electron chi connectivity index (χ3n) is 6.79. The van der Waals surface area contributed by atoms with Gasteiger partial charge in [-0.1, -0.05) is 17.3 Å². The predicted octanol–water partition coefficient (Wildman–Crippen LogP) is 2.71. The normalized spacial score (nSPS) is 16.4. The van der Waals surface area contributed by atoms with E-state index in [1.165, 1.54) is 36.4 Å². The number of halogens is 1. The van der Waals surface area contributed by atoms with Crippen molar-refractivity contribution in [1.29, 1.82) is 5.26 Å². The number of nitriles is 1. The molecule has 2 aromatic rings. The van der Waals surface area contributed by atoms with Crippen molar-refractivity contribution in [2.45, 2.75) is 71.1 Å². The number of rotatable bonds is 10. The fourth-order valence-corrected chi connectivity index (χ4v) is 4.54. The van der Waals surface area contributed by atoms with Crippen LogP contribution >= 0.6 is 0 Å². The van der Waals surface area contributed by atoms with E-state index in [1.807, 2.05) is 0 Å². The Morgan fingerprint density at radius 2 is 1.93 bits per heavy atom. The second kappa shape index (κ2) is 15.1. The molecule has 14 heteroatoms. The van der Waals surface area contributed by atoms with Crippen LogP contribution in [0.1, 0.15) is 61.8 Å². The molecule has 45 heavy (non-hydrogen) atoms. The van der Waals surface area contributed by atoms with E-state index >= 15 is 0 Å². The molecule has 1 fully saturated rings. The first-order valence-electron chi connectivity index (χ1n) is 14.4. The Bertz CT molecular complexity index is 1490. The number of nitrogens with one attached hydrogen (secondary N) is 3. The maximum Gasteiger partial charge on any atom is 0.417 e. The zero-order chi connectivity index (χ0) is 33.3. The van der Waals surface area contributed by atoms with Gasteiger partial charge in [0, 0.05) is 38.0 Å². The van der Waals surface area contributed by atoms with E-state index in [0.717, 1.165) is 7.05 Å². The smallest absolute Gasteiger partial charge is 0.417 e. The number of likely N-dealkylation sites (N-methyl/N-ethyl adjacent to an activating group) is 1. The molecule has 0 aliphatic carbocycles. The Morgan fingerprint density at radius 3 is 2.51 bits per heavy atom. The van der Waals surface area contributed by atoms with Gasteiger partial charge in [0.2, 0.25) is 11.8 Å². The highest BCUT2D eigenvalue weighted by Gasteiger charge is 2.31. The number of carbonyl (C=O) groups is 5. The summed E-state index contributed by atoms with van der Waals surface area (Å²) in [7, 11) is 1.16. The number of hydrogen-bond donors (Lipinski definition) is 3. The number of hydrogen-bond acceptors (Lipinski definition) is 9. The van der Waals surface area contributed by atoms with Gasteiger partial charge in [-0.2, -0.15) is 5.26 Å². The fraction of sp³-hybridized carbons (Fsp3) is 0.452. The van der Waals surface area contributed by atoms with Crippen LogP contribution in [0.15, 0.2) is 46.5 Å². The summed E-state index contributed by atoms with van der Waals surface area (Å²) in [6, 6.07) is 6.25. The Balaban J connectivity index is 1.92. The number of benzene rings is 1. The first-order valence-corrected chi connectivity index (χ1v) is 14.4. The predicted molar refractivity (Wildman–Crippen MR) is 158 cm³/mol. The average Bonchev–Trinajstić information content (AvgIpc) is 3.42. The van der Waals surface area contributed by atoms with Gasteiger partial charge >= 0.3 is 6.09 Å². The summed E-state index contributed by atoms with van der Waals surface area (Å²) in [6.45, 7) is 6.96. The zero-order valence-corrected chi connectivity index (χ0v) is 25.8. The van der Waals surface area contributed by atoms with Crippen molar-refractivity contribution < 1.29 is 37.6 Å². The molecule has 1 saturated heterocycles. The molecule has 240 valence electrons. The molecule has 1 aliphatic heterocycles.